The number of aryl methyl sites for hydroxylation is 1. The molecule has 20 heavy (non-hydrogen) atoms. The third-order valence-electron chi connectivity index (χ3n) is 4.71. The Hall–Kier alpha value is -1.02. The Bertz CT molecular complexity index is 424. The summed E-state index contributed by atoms with van der Waals surface area (Å²) in [5.41, 5.74) is 2.94. The lowest BCUT2D eigenvalue weighted by molar-refractivity contribution is 0.0250. The van der Waals surface area contributed by atoms with Crippen LogP contribution in [0.3, 0.4) is 0 Å². The van der Waals surface area contributed by atoms with Gasteiger partial charge in [0.2, 0.25) is 0 Å². The van der Waals surface area contributed by atoms with Gasteiger partial charge in [-0.2, -0.15) is 0 Å². The number of rotatable bonds is 4. The zero-order valence-corrected chi connectivity index (χ0v) is 13.4. The molecule has 0 aromatic heterocycles. The van der Waals surface area contributed by atoms with Crippen molar-refractivity contribution in [3.8, 4) is 0 Å². The normalized spacial score (nSPS) is 25.4. The quantitative estimate of drug-likeness (QED) is 0.897. The molecule has 112 valence electrons. The maximum absolute atomic E-state index is 10.3. The number of aliphatic hydroxyl groups excluding tert-OH is 1. The first-order chi connectivity index (χ1) is 9.41. The second-order valence-electron chi connectivity index (χ2n) is 7.11. The highest BCUT2D eigenvalue weighted by Crippen LogP contribution is 2.39. The van der Waals surface area contributed by atoms with Gasteiger partial charge >= 0.3 is 0 Å². The van der Waals surface area contributed by atoms with Gasteiger partial charge < -0.3 is 10.0 Å². The van der Waals surface area contributed by atoms with E-state index in [1.165, 1.54) is 11.3 Å². The van der Waals surface area contributed by atoms with Gasteiger partial charge in [-0.25, -0.2) is 0 Å². The van der Waals surface area contributed by atoms with E-state index in [0.717, 1.165) is 32.4 Å². The van der Waals surface area contributed by atoms with E-state index < -0.39 is 0 Å². The fraction of sp³-hybridized carbons (Fsp3) is 0.667. The molecule has 1 fully saturated rings. The largest absolute Gasteiger partial charge is 0.393 e. The molecule has 1 aliphatic carbocycles. The molecule has 0 amide bonds. The van der Waals surface area contributed by atoms with E-state index in [9.17, 15) is 5.11 Å². The lowest BCUT2D eigenvalue weighted by Gasteiger charge is -2.41. The summed E-state index contributed by atoms with van der Waals surface area (Å²) in [5, 5.41) is 10.3. The molecule has 0 aliphatic heterocycles. The fourth-order valence-corrected chi connectivity index (χ4v) is 3.36. The molecule has 1 aromatic rings. The molecule has 2 rings (SSSR count). The minimum Gasteiger partial charge on any atom is -0.393 e. The molecule has 1 aliphatic rings. The molecular weight excluding hydrogens is 246 g/mol. The van der Waals surface area contributed by atoms with Crippen molar-refractivity contribution in [1.29, 1.82) is 0 Å². The highest BCUT2D eigenvalue weighted by molar-refractivity contribution is 5.47. The van der Waals surface area contributed by atoms with Gasteiger partial charge in [-0.05, 0) is 50.7 Å². The molecule has 0 bridgehead atoms. The Morgan fingerprint density at radius 1 is 1.25 bits per heavy atom. The maximum atomic E-state index is 10.3. The van der Waals surface area contributed by atoms with Crippen LogP contribution in [0.2, 0.25) is 0 Å². The molecule has 0 heterocycles. The van der Waals surface area contributed by atoms with E-state index in [1.807, 2.05) is 0 Å². The summed E-state index contributed by atoms with van der Waals surface area (Å²) in [7, 11) is 0. The van der Waals surface area contributed by atoms with Crippen LogP contribution in [0.4, 0.5) is 5.69 Å². The van der Waals surface area contributed by atoms with Crippen LogP contribution >= 0.6 is 0 Å². The molecule has 2 unspecified atom stereocenters. The van der Waals surface area contributed by atoms with Crippen molar-refractivity contribution < 1.29 is 5.11 Å². The lowest BCUT2D eigenvalue weighted by Crippen LogP contribution is -2.41. The number of aliphatic hydroxyl groups is 1. The average molecular weight is 275 g/mol. The van der Waals surface area contributed by atoms with Crippen LogP contribution < -0.4 is 4.90 Å². The smallest absolute Gasteiger partial charge is 0.0585 e. The van der Waals surface area contributed by atoms with E-state index in [2.05, 4.69) is 56.9 Å². The molecule has 1 saturated carbocycles. The molecule has 0 spiro atoms. The van der Waals surface area contributed by atoms with Crippen molar-refractivity contribution in [2.45, 2.75) is 53.1 Å². The van der Waals surface area contributed by atoms with Crippen LogP contribution in [-0.2, 0) is 0 Å². The van der Waals surface area contributed by atoms with Gasteiger partial charge in [0.05, 0.1) is 6.10 Å². The monoisotopic (exact) mass is 275 g/mol. The minimum absolute atomic E-state index is 0.137. The minimum atomic E-state index is -0.137. The molecule has 1 N–H and O–H groups in total. The van der Waals surface area contributed by atoms with Gasteiger partial charge in [0, 0.05) is 24.7 Å². The molecular formula is C18H29NO. The van der Waals surface area contributed by atoms with Crippen molar-refractivity contribution in [2.24, 2.45) is 11.3 Å². The summed E-state index contributed by atoms with van der Waals surface area (Å²) in [6.45, 7) is 10.9. The summed E-state index contributed by atoms with van der Waals surface area (Å²) in [4.78, 5) is 2.40. The van der Waals surface area contributed by atoms with Crippen LogP contribution in [0.1, 0.15) is 45.6 Å². The summed E-state index contributed by atoms with van der Waals surface area (Å²) < 4.78 is 0. The summed E-state index contributed by atoms with van der Waals surface area (Å²) in [6.07, 6.45) is 3.07. The second kappa shape index (κ2) is 6.17. The van der Waals surface area contributed by atoms with E-state index in [-0.39, 0.29) is 6.10 Å². The highest BCUT2D eigenvalue weighted by Gasteiger charge is 2.34. The van der Waals surface area contributed by atoms with E-state index in [4.69, 9.17) is 0 Å². The van der Waals surface area contributed by atoms with Gasteiger partial charge in [-0.1, -0.05) is 31.5 Å². The SMILES string of the molecule is CCN(CC1CC(C)(C)CCC1O)c1ccc(C)cc1. The predicted molar refractivity (Wildman–Crippen MR) is 86.2 cm³/mol. The Balaban J connectivity index is 2.07. The van der Waals surface area contributed by atoms with Gasteiger partial charge in [0.1, 0.15) is 0 Å². The van der Waals surface area contributed by atoms with Crippen LogP contribution in [0.25, 0.3) is 0 Å². The first-order valence-electron chi connectivity index (χ1n) is 7.91. The van der Waals surface area contributed by atoms with Gasteiger partial charge in [0.25, 0.3) is 0 Å². The Kier molecular flexibility index (Phi) is 4.74. The fourth-order valence-electron chi connectivity index (χ4n) is 3.36. The third kappa shape index (κ3) is 3.76. The second-order valence-corrected chi connectivity index (χ2v) is 7.11. The Morgan fingerprint density at radius 2 is 1.90 bits per heavy atom. The van der Waals surface area contributed by atoms with Crippen LogP contribution in [0, 0.1) is 18.3 Å². The molecule has 1 aromatic carbocycles. The number of nitrogens with zero attached hydrogens (tertiary/aromatic N) is 1. The molecule has 2 nitrogen and oxygen atoms in total. The standard InChI is InChI=1S/C18H29NO/c1-5-19(16-8-6-14(2)7-9-16)13-15-12-18(3,4)11-10-17(15)20/h6-9,15,17,20H,5,10-13H2,1-4H3. The third-order valence-corrected chi connectivity index (χ3v) is 4.71. The number of hydrogen-bond acceptors (Lipinski definition) is 2. The van der Waals surface area contributed by atoms with E-state index in [1.54, 1.807) is 0 Å². The summed E-state index contributed by atoms with van der Waals surface area (Å²) >= 11 is 0. The number of hydrogen-bond donors (Lipinski definition) is 1. The van der Waals surface area contributed by atoms with Crippen LogP contribution in [-0.4, -0.2) is 24.3 Å². The molecule has 0 saturated heterocycles. The first kappa shape index (κ1) is 15.4. The average Bonchev–Trinajstić information content (AvgIpc) is 2.41. The van der Waals surface area contributed by atoms with Gasteiger partial charge in [0.15, 0.2) is 0 Å². The van der Waals surface area contributed by atoms with E-state index >= 15 is 0 Å². The van der Waals surface area contributed by atoms with Gasteiger partial charge in [-0.3, -0.25) is 0 Å². The topological polar surface area (TPSA) is 23.5 Å². The summed E-state index contributed by atoms with van der Waals surface area (Å²) in [6, 6.07) is 8.72. The molecule has 2 atom stereocenters. The highest BCUT2D eigenvalue weighted by atomic mass is 16.3. The Labute approximate surface area is 123 Å². The lowest BCUT2D eigenvalue weighted by atomic mass is 9.70. The van der Waals surface area contributed by atoms with Gasteiger partial charge in [-0.15, -0.1) is 0 Å². The zero-order chi connectivity index (χ0) is 14.8. The van der Waals surface area contributed by atoms with Crippen molar-refractivity contribution in [1.82, 2.24) is 0 Å². The number of anilines is 1. The maximum Gasteiger partial charge on any atom is 0.0585 e. The first-order valence-corrected chi connectivity index (χ1v) is 7.91. The molecule has 0 radical (unpaired) electrons. The van der Waals surface area contributed by atoms with Crippen molar-refractivity contribution in [3.63, 3.8) is 0 Å². The number of benzene rings is 1. The zero-order valence-electron chi connectivity index (χ0n) is 13.4. The molecule has 2 heteroatoms. The van der Waals surface area contributed by atoms with Crippen LogP contribution in [0.5, 0.6) is 0 Å². The van der Waals surface area contributed by atoms with E-state index in [0.29, 0.717) is 11.3 Å². The summed E-state index contributed by atoms with van der Waals surface area (Å²) in [5.74, 6) is 0.389. The van der Waals surface area contributed by atoms with Crippen LogP contribution in [0.15, 0.2) is 24.3 Å². The van der Waals surface area contributed by atoms with Crippen molar-refractivity contribution in [3.05, 3.63) is 29.8 Å². The predicted octanol–water partition coefficient (Wildman–Crippen LogP) is 4.01. The Morgan fingerprint density at radius 3 is 2.50 bits per heavy atom. The van der Waals surface area contributed by atoms with Crippen molar-refractivity contribution >= 4 is 5.69 Å². The van der Waals surface area contributed by atoms with Crippen molar-refractivity contribution in [2.75, 3.05) is 18.0 Å².